The third-order valence-corrected chi connectivity index (χ3v) is 3.43. The Morgan fingerprint density at radius 1 is 1.61 bits per heavy atom. The van der Waals surface area contributed by atoms with E-state index in [1.807, 2.05) is 19.1 Å². The van der Waals surface area contributed by atoms with E-state index in [-0.39, 0.29) is 5.92 Å². The summed E-state index contributed by atoms with van der Waals surface area (Å²) >= 11 is 0. The Hall–Kier alpha value is -1.75. The van der Waals surface area contributed by atoms with Crippen LogP contribution in [-0.4, -0.2) is 30.0 Å². The van der Waals surface area contributed by atoms with Crippen LogP contribution in [0.4, 0.5) is 4.79 Å². The summed E-state index contributed by atoms with van der Waals surface area (Å²) in [6.07, 6.45) is 0.968. The molecule has 0 saturated heterocycles. The highest BCUT2D eigenvalue weighted by Crippen LogP contribution is 2.48. The molecule has 98 valence electrons. The van der Waals surface area contributed by atoms with Crippen molar-refractivity contribution in [3.63, 3.8) is 0 Å². The number of hydrogen-bond donors (Lipinski definition) is 2. The fraction of sp³-hybridized carbons (Fsp3) is 0.462. The van der Waals surface area contributed by atoms with Crippen LogP contribution in [0.3, 0.4) is 0 Å². The predicted octanol–water partition coefficient (Wildman–Crippen LogP) is 1.88. The van der Waals surface area contributed by atoms with E-state index < -0.39 is 6.03 Å². The molecule has 0 spiro atoms. The van der Waals surface area contributed by atoms with Crippen molar-refractivity contribution >= 4 is 6.03 Å². The maximum absolute atomic E-state index is 10.7. The van der Waals surface area contributed by atoms with E-state index in [2.05, 4.69) is 6.07 Å². The van der Waals surface area contributed by atoms with Crippen LogP contribution in [0.15, 0.2) is 18.2 Å². The minimum absolute atomic E-state index is 0.287. The Bertz CT molecular complexity index is 462. The van der Waals surface area contributed by atoms with Crippen LogP contribution in [-0.2, 0) is 0 Å². The lowest BCUT2D eigenvalue weighted by atomic mass is 10.1. The van der Waals surface area contributed by atoms with Gasteiger partial charge in [-0.15, -0.1) is 0 Å². The number of hydroxylamine groups is 2. The molecule has 1 aromatic carbocycles. The van der Waals surface area contributed by atoms with E-state index in [1.165, 1.54) is 5.56 Å². The van der Waals surface area contributed by atoms with E-state index in [4.69, 9.17) is 10.5 Å². The Balaban J connectivity index is 1.99. The molecule has 0 aromatic heterocycles. The van der Waals surface area contributed by atoms with Crippen molar-refractivity contribution in [2.45, 2.75) is 19.3 Å². The molecule has 1 aliphatic carbocycles. The molecule has 2 rings (SSSR count). The number of primary amides is 1. The van der Waals surface area contributed by atoms with Crippen molar-refractivity contribution in [2.24, 2.45) is 11.7 Å². The van der Waals surface area contributed by atoms with Crippen LogP contribution >= 0.6 is 0 Å². The normalized spacial score (nSPS) is 21.5. The van der Waals surface area contributed by atoms with Crippen LogP contribution < -0.4 is 10.5 Å². The summed E-state index contributed by atoms with van der Waals surface area (Å²) in [6, 6.07) is 5.27. The molecule has 5 heteroatoms. The van der Waals surface area contributed by atoms with Crippen molar-refractivity contribution in [3.05, 3.63) is 29.3 Å². The van der Waals surface area contributed by atoms with Crippen LogP contribution in [0.2, 0.25) is 0 Å². The molecule has 5 nitrogen and oxygen atoms in total. The van der Waals surface area contributed by atoms with Gasteiger partial charge in [0.25, 0.3) is 0 Å². The van der Waals surface area contributed by atoms with Gasteiger partial charge in [0.1, 0.15) is 5.75 Å². The lowest BCUT2D eigenvalue weighted by molar-refractivity contribution is -0.0431. The fourth-order valence-corrected chi connectivity index (χ4v) is 2.30. The van der Waals surface area contributed by atoms with Crippen LogP contribution in [0.1, 0.15) is 23.5 Å². The summed E-state index contributed by atoms with van der Waals surface area (Å²) in [5.74, 6) is 1.55. The monoisotopic (exact) mass is 250 g/mol. The largest absolute Gasteiger partial charge is 0.496 e. The molecular weight excluding hydrogens is 232 g/mol. The van der Waals surface area contributed by atoms with E-state index in [1.54, 1.807) is 7.11 Å². The Morgan fingerprint density at radius 2 is 2.33 bits per heavy atom. The summed E-state index contributed by atoms with van der Waals surface area (Å²) in [6.45, 7) is 2.30. The zero-order chi connectivity index (χ0) is 13.3. The molecule has 0 aliphatic heterocycles. The third kappa shape index (κ3) is 2.56. The first-order valence-corrected chi connectivity index (χ1v) is 5.93. The van der Waals surface area contributed by atoms with E-state index in [0.717, 1.165) is 17.7 Å². The van der Waals surface area contributed by atoms with Crippen molar-refractivity contribution in [1.29, 1.82) is 0 Å². The Labute approximate surface area is 106 Å². The number of methoxy groups -OCH3 is 1. The van der Waals surface area contributed by atoms with E-state index >= 15 is 0 Å². The zero-order valence-corrected chi connectivity index (χ0v) is 10.6. The summed E-state index contributed by atoms with van der Waals surface area (Å²) in [5.41, 5.74) is 7.29. The minimum atomic E-state index is -0.799. The van der Waals surface area contributed by atoms with Gasteiger partial charge in [-0.25, -0.2) is 9.86 Å². The summed E-state index contributed by atoms with van der Waals surface area (Å²) in [4.78, 5) is 10.7. The van der Waals surface area contributed by atoms with Gasteiger partial charge in [0, 0.05) is 0 Å². The number of ether oxygens (including phenoxy) is 1. The summed E-state index contributed by atoms with van der Waals surface area (Å²) < 4.78 is 5.21. The average molecular weight is 250 g/mol. The lowest BCUT2D eigenvalue weighted by Crippen LogP contribution is -2.34. The molecule has 2 amide bonds. The quantitative estimate of drug-likeness (QED) is 0.632. The third-order valence-electron chi connectivity index (χ3n) is 3.43. The number of carbonyl (C=O) groups is 1. The fourth-order valence-electron chi connectivity index (χ4n) is 2.30. The molecule has 18 heavy (non-hydrogen) atoms. The van der Waals surface area contributed by atoms with Crippen molar-refractivity contribution in [1.82, 2.24) is 5.06 Å². The number of aryl methyl sites for hydroxylation is 1. The molecule has 2 atom stereocenters. The topological polar surface area (TPSA) is 75.8 Å². The lowest BCUT2D eigenvalue weighted by Gasteiger charge is -2.11. The van der Waals surface area contributed by atoms with Crippen LogP contribution in [0, 0.1) is 12.8 Å². The minimum Gasteiger partial charge on any atom is -0.496 e. The first kappa shape index (κ1) is 12.7. The first-order chi connectivity index (χ1) is 8.52. The average Bonchev–Trinajstić information content (AvgIpc) is 3.08. The van der Waals surface area contributed by atoms with E-state index in [0.29, 0.717) is 17.5 Å². The predicted molar refractivity (Wildman–Crippen MR) is 66.7 cm³/mol. The maximum Gasteiger partial charge on any atom is 0.338 e. The van der Waals surface area contributed by atoms with Gasteiger partial charge in [-0.1, -0.05) is 12.1 Å². The molecule has 2 unspecified atom stereocenters. The maximum atomic E-state index is 10.7. The summed E-state index contributed by atoms with van der Waals surface area (Å²) in [5, 5.41) is 9.86. The number of urea groups is 1. The highest BCUT2D eigenvalue weighted by atomic mass is 16.5. The van der Waals surface area contributed by atoms with Gasteiger partial charge in [-0.2, -0.15) is 0 Å². The Morgan fingerprint density at radius 3 is 2.89 bits per heavy atom. The highest BCUT2D eigenvalue weighted by molar-refractivity contribution is 5.70. The molecule has 1 aromatic rings. The van der Waals surface area contributed by atoms with Gasteiger partial charge in [0.2, 0.25) is 0 Å². The van der Waals surface area contributed by atoms with Gasteiger partial charge in [-0.05, 0) is 42.4 Å². The van der Waals surface area contributed by atoms with Crippen LogP contribution in [0.25, 0.3) is 0 Å². The molecule has 1 fully saturated rings. The standard InChI is InChI=1S/C13H18N2O3/c1-8-5-9(3-4-12(8)18-2)11-6-10(11)7-15(17)13(14)16/h3-5,10-11,17H,6-7H2,1-2H3,(H2,14,16). The van der Waals surface area contributed by atoms with Crippen molar-refractivity contribution in [2.75, 3.05) is 13.7 Å². The van der Waals surface area contributed by atoms with Crippen molar-refractivity contribution < 1.29 is 14.7 Å². The number of hydrogen-bond acceptors (Lipinski definition) is 3. The summed E-state index contributed by atoms with van der Waals surface area (Å²) in [7, 11) is 1.65. The molecule has 3 N–H and O–H groups in total. The van der Waals surface area contributed by atoms with Gasteiger partial charge in [-0.3, -0.25) is 5.21 Å². The van der Waals surface area contributed by atoms with Gasteiger partial charge < -0.3 is 10.5 Å². The smallest absolute Gasteiger partial charge is 0.338 e. The van der Waals surface area contributed by atoms with Crippen molar-refractivity contribution in [3.8, 4) is 5.75 Å². The second kappa shape index (κ2) is 4.86. The second-order valence-corrected chi connectivity index (χ2v) is 4.75. The number of carbonyl (C=O) groups excluding carboxylic acids is 1. The SMILES string of the molecule is COc1ccc(C2CC2CN(O)C(N)=O)cc1C. The van der Waals surface area contributed by atoms with Gasteiger partial charge in [0.05, 0.1) is 13.7 Å². The molecule has 1 saturated carbocycles. The molecule has 0 bridgehead atoms. The van der Waals surface area contributed by atoms with Gasteiger partial charge in [0.15, 0.2) is 0 Å². The van der Waals surface area contributed by atoms with Crippen LogP contribution in [0.5, 0.6) is 5.75 Å². The number of benzene rings is 1. The van der Waals surface area contributed by atoms with Gasteiger partial charge >= 0.3 is 6.03 Å². The highest BCUT2D eigenvalue weighted by Gasteiger charge is 2.40. The number of nitrogens with two attached hydrogens (primary N) is 1. The van der Waals surface area contributed by atoms with E-state index in [9.17, 15) is 10.0 Å². The molecule has 1 aliphatic rings. The number of amides is 2. The number of nitrogens with zero attached hydrogens (tertiary/aromatic N) is 1. The molecule has 0 radical (unpaired) electrons. The molecule has 0 heterocycles. The number of rotatable bonds is 4. The second-order valence-electron chi connectivity index (χ2n) is 4.75. The first-order valence-electron chi connectivity index (χ1n) is 5.93. The zero-order valence-electron chi connectivity index (χ0n) is 10.6. The molecular formula is C13H18N2O3. The Kier molecular flexibility index (Phi) is 3.43.